The van der Waals surface area contributed by atoms with Crippen LogP contribution in [0.3, 0.4) is 0 Å². The van der Waals surface area contributed by atoms with E-state index in [1.54, 1.807) is 0 Å². The van der Waals surface area contributed by atoms with Crippen molar-refractivity contribution in [2.75, 3.05) is 18.0 Å². The molecule has 156 valence electrons. The van der Waals surface area contributed by atoms with Crippen molar-refractivity contribution in [2.45, 2.75) is 90.8 Å². The number of pyridine rings is 1. The number of nitrogens with zero attached hydrogens (tertiary/aromatic N) is 3. The first kappa shape index (κ1) is 21.1. The maximum atomic E-state index is 13.2. The average molecular weight is 388 g/mol. The van der Waals surface area contributed by atoms with Crippen LogP contribution in [0.2, 0.25) is 0 Å². The molecule has 5 heteroatoms. The Balaban J connectivity index is 1.95. The topological polar surface area (TPSA) is 45.7 Å². The van der Waals surface area contributed by atoms with Crippen molar-refractivity contribution in [1.82, 2.24) is 9.88 Å². The van der Waals surface area contributed by atoms with Crippen LogP contribution in [0.4, 0.5) is 10.6 Å². The minimum absolute atomic E-state index is 0.184. The summed E-state index contributed by atoms with van der Waals surface area (Å²) in [4.78, 5) is 22.4. The van der Waals surface area contributed by atoms with Crippen LogP contribution in [0.5, 0.6) is 0 Å². The quantitative estimate of drug-likeness (QED) is 0.664. The van der Waals surface area contributed by atoms with Crippen LogP contribution in [-0.4, -0.2) is 40.7 Å². The standard InChI is InChI=1S/C23H37N3O2/c1-17(2)16-25-15-9-13-20(25)19-12-8-14-24-21(19)26(18-10-6-7-11-18)22(27)28-23(3,4)5/h8,12,14,17-18,20H,6-7,9-11,13,15-16H2,1-5H3. The summed E-state index contributed by atoms with van der Waals surface area (Å²) in [6.45, 7) is 12.5. The highest BCUT2D eigenvalue weighted by Gasteiger charge is 2.36. The van der Waals surface area contributed by atoms with E-state index in [0.29, 0.717) is 12.0 Å². The lowest BCUT2D eigenvalue weighted by atomic mass is 10.0. The molecule has 0 aromatic carbocycles. The zero-order valence-corrected chi connectivity index (χ0v) is 18.3. The van der Waals surface area contributed by atoms with Gasteiger partial charge in [-0.2, -0.15) is 0 Å². The third-order valence-electron chi connectivity index (χ3n) is 5.65. The van der Waals surface area contributed by atoms with Crippen molar-refractivity contribution < 1.29 is 9.53 Å². The molecule has 2 heterocycles. The van der Waals surface area contributed by atoms with Crippen LogP contribution in [0, 0.1) is 5.92 Å². The van der Waals surface area contributed by atoms with Crippen molar-refractivity contribution in [3.8, 4) is 0 Å². The van der Waals surface area contributed by atoms with Gasteiger partial charge >= 0.3 is 6.09 Å². The molecule has 0 spiro atoms. The number of hydrogen-bond acceptors (Lipinski definition) is 4. The van der Waals surface area contributed by atoms with Crippen LogP contribution in [0.15, 0.2) is 18.3 Å². The number of ether oxygens (including phenoxy) is 1. The molecule has 0 bridgehead atoms. The van der Waals surface area contributed by atoms with E-state index in [0.717, 1.165) is 51.0 Å². The Morgan fingerprint density at radius 3 is 2.61 bits per heavy atom. The van der Waals surface area contributed by atoms with Crippen molar-refractivity contribution >= 4 is 11.9 Å². The summed E-state index contributed by atoms with van der Waals surface area (Å²) in [6.07, 6.45) is 8.25. The second-order valence-corrected chi connectivity index (χ2v) is 9.75. The normalized spacial score (nSPS) is 21.4. The van der Waals surface area contributed by atoms with E-state index in [9.17, 15) is 4.79 Å². The fraction of sp³-hybridized carbons (Fsp3) is 0.739. The van der Waals surface area contributed by atoms with Gasteiger partial charge in [0.25, 0.3) is 0 Å². The SMILES string of the molecule is CC(C)CN1CCCC1c1cccnc1N(C(=O)OC(C)(C)C)C1CCCC1. The van der Waals surface area contributed by atoms with Gasteiger partial charge in [0.1, 0.15) is 11.4 Å². The van der Waals surface area contributed by atoms with Gasteiger partial charge in [0.15, 0.2) is 0 Å². The van der Waals surface area contributed by atoms with Gasteiger partial charge in [-0.25, -0.2) is 9.78 Å². The Kier molecular flexibility index (Phi) is 6.64. The first-order valence-electron chi connectivity index (χ1n) is 11.0. The molecule has 0 N–H and O–H groups in total. The molecule has 3 rings (SSSR count). The van der Waals surface area contributed by atoms with Crippen LogP contribution in [0.1, 0.15) is 84.7 Å². The van der Waals surface area contributed by atoms with E-state index >= 15 is 0 Å². The summed E-state index contributed by atoms with van der Waals surface area (Å²) >= 11 is 0. The number of hydrogen-bond donors (Lipinski definition) is 0. The number of rotatable bonds is 5. The zero-order valence-electron chi connectivity index (χ0n) is 18.3. The average Bonchev–Trinajstić information content (AvgIpc) is 3.26. The first-order valence-corrected chi connectivity index (χ1v) is 11.0. The smallest absolute Gasteiger partial charge is 0.416 e. The maximum Gasteiger partial charge on any atom is 0.416 e. The van der Waals surface area contributed by atoms with Crippen molar-refractivity contribution in [1.29, 1.82) is 0 Å². The highest BCUT2D eigenvalue weighted by atomic mass is 16.6. The molecule has 1 aliphatic heterocycles. The van der Waals surface area contributed by atoms with Gasteiger partial charge in [0.05, 0.1) is 0 Å². The van der Waals surface area contributed by atoms with Crippen molar-refractivity contribution in [2.24, 2.45) is 5.92 Å². The molecule has 1 atom stereocenters. The summed E-state index contributed by atoms with van der Waals surface area (Å²) in [5.74, 6) is 1.43. The van der Waals surface area contributed by atoms with Gasteiger partial charge in [-0.15, -0.1) is 0 Å². The molecule has 1 amide bonds. The Morgan fingerprint density at radius 1 is 1.25 bits per heavy atom. The molecule has 1 aliphatic carbocycles. The summed E-state index contributed by atoms with van der Waals surface area (Å²) in [7, 11) is 0. The second-order valence-electron chi connectivity index (χ2n) is 9.75. The molecule has 5 nitrogen and oxygen atoms in total. The van der Waals surface area contributed by atoms with Crippen LogP contribution in [-0.2, 0) is 4.74 Å². The number of aromatic nitrogens is 1. The minimum atomic E-state index is -0.514. The molecule has 1 aromatic heterocycles. The lowest BCUT2D eigenvalue weighted by Crippen LogP contribution is -2.44. The lowest BCUT2D eigenvalue weighted by Gasteiger charge is -2.34. The van der Waals surface area contributed by atoms with Gasteiger partial charge in [0, 0.05) is 30.4 Å². The van der Waals surface area contributed by atoms with Crippen molar-refractivity contribution in [3.63, 3.8) is 0 Å². The Labute approximate surface area is 170 Å². The zero-order chi connectivity index (χ0) is 20.3. The highest BCUT2D eigenvalue weighted by molar-refractivity contribution is 5.88. The fourth-order valence-electron chi connectivity index (χ4n) is 4.62. The van der Waals surface area contributed by atoms with E-state index in [1.165, 1.54) is 12.0 Å². The maximum absolute atomic E-state index is 13.2. The highest BCUT2D eigenvalue weighted by Crippen LogP contribution is 2.39. The van der Waals surface area contributed by atoms with E-state index < -0.39 is 5.60 Å². The third-order valence-corrected chi connectivity index (χ3v) is 5.65. The third kappa shape index (κ3) is 5.05. The van der Waals surface area contributed by atoms with Gasteiger partial charge < -0.3 is 4.74 Å². The van der Waals surface area contributed by atoms with Crippen LogP contribution < -0.4 is 4.90 Å². The Hall–Kier alpha value is -1.62. The van der Waals surface area contributed by atoms with E-state index in [2.05, 4.69) is 24.8 Å². The summed E-state index contributed by atoms with van der Waals surface area (Å²) in [5, 5.41) is 0. The predicted octanol–water partition coefficient (Wildman–Crippen LogP) is 5.56. The Bertz CT molecular complexity index is 662. The molecule has 2 aliphatic rings. The minimum Gasteiger partial charge on any atom is -0.443 e. The second kappa shape index (κ2) is 8.81. The number of amides is 1. The van der Waals surface area contributed by atoms with Crippen LogP contribution >= 0.6 is 0 Å². The van der Waals surface area contributed by atoms with Crippen LogP contribution in [0.25, 0.3) is 0 Å². The van der Waals surface area contributed by atoms with E-state index in [4.69, 9.17) is 9.72 Å². The largest absolute Gasteiger partial charge is 0.443 e. The van der Waals surface area contributed by atoms with Gasteiger partial charge in [-0.1, -0.05) is 32.8 Å². The molecular formula is C23H37N3O2. The monoisotopic (exact) mass is 387 g/mol. The molecule has 1 unspecified atom stereocenters. The van der Waals surface area contributed by atoms with E-state index in [1.807, 2.05) is 37.9 Å². The fourth-order valence-corrected chi connectivity index (χ4v) is 4.62. The Morgan fingerprint density at radius 2 is 1.96 bits per heavy atom. The number of anilines is 1. The molecular weight excluding hydrogens is 350 g/mol. The lowest BCUT2D eigenvalue weighted by molar-refractivity contribution is 0.0563. The molecule has 1 aromatic rings. The number of likely N-dealkylation sites (tertiary alicyclic amines) is 1. The molecule has 0 radical (unpaired) electrons. The molecule has 28 heavy (non-hydrogen) atoms. The molecule has 1 saturated carbocycles. The van der Waals surface area contributed by atoms with Crippen molar-refractivity contribution in [3.05, 3.63) is 23.9 Å². The predicted molar refractivity (Wildman–Crippen MR) is 114 cm³/mol. The summed E-state index contributed by atoms with van der Waals surface area (Å²) < 4.78 is 5.81. The molecule has 2 fully saturated rings. The number of carbonyl (C=O) groups is 1. The summed E-state index contributed by atoms with van der Waals surface area (Å²) in [6, 6.07) is 4.69. The van der Waals surface area contributed by atoms with E-state index in [-0.39, 0.29) is 12.1 Å². The van der Waals surface area contributed by atoms with Gasteiger partial charge in [-0.05, 0) is 65.0 Å². The van der Waals surface area contributed by atoms with Gasteiger partial charge in [0.2, 0.25) is 0 Å². The van der Waals surface area contributed by atoms with Gasteiger partial charge in [-0.3, -0.25) is 9.80 Å². The summed E-state index contributed by atoms with van der Waals surface area (Å²) in [5.41, 5.74) is 0.665. The number of carbonyl (C=O) groups excluding carboxylic acids is 1. The molecule has 1 saturated heterocycles. The first-order chi connectivity index (χ1) is 13.3.